The minimum atomic E-state index is -1.20. The second-order valence-corrected chi connectivity index (χ2v) is 7.72. The Labute approximate surface area is 114 Å². The van der Waals surface area contributed by atoms with Crippen LogP contribution >= 0.6 is 0 Å². The quantitative estimate of drug-likeness (QED) is 0.482. The lowest BCUT2D eigenvalue weighted by Crippen LogP contribution is -2.33. The van der Waals surface area contributed by atoms with Crippen molar-refractivity contribution in [1.82, 2.24) is 0 Å². The van der Waals surface area contributed by atoms with E-state index in [1.165, 1.54) is 0 Å². The fourth-order valence-electron chi connectivity index (χ4n) is 2.14. The second kappa shape index (κ2) is 5.93. The van der Waals surface area contributed by atoms with Crippen molar-refractivity contribution in [2.75, 3.05) is 4.67 Å². The van der Waals surface area contributed by atoms with E-state index in [1.54, 1.807) is 0 Å². The molecule has 0 saturated heterocycles. The van der Waals surface area contributed by atoms with Crippen LogP contribution in [0.25, 0.3) is 0 Å². The molecule has 1 aromatic rings. The molecule has 19 heavy (non-hydrogen) atoms. The maximum Gasteiger partial charge on any atom is 0.164 e. The lowest BCUT2D eigenvalue weighted by molar-refractivity contribution is -0.126. The first-order valence-electron chi connectivity index (χ1n) is 6.50. The lowest BCUT2D eigenvalue weighted by atomic mass is 9.96. The summed E-state index contributed by atoms with van der Waals surface area (Å²) in [6, 6.07) is 9.91. The van der Waals surface area contributed by atoms with Crippen molar-refractivity contribution in [2.45, 2.75) is 32.4 Å². The molecule has 1 fully saturated rings. The minimum Gasteiger partial charge on any atom is -0.299 e. The minimum absolute atomic E-state index is 0.0200. The number of hydrogen-bond donors (Lipinski definition) is 0. The van der Waals surface area contributed by atoms with Crippen LogP contribution in [0.2, 0.25) is 13.1 Å². The summed E-state index contributed by atoms with van der Waals surface area (Å²) in [5.41, 5.74) is 1.73. The topological polar surface area (TPSA) is 49.7 Å². The number of carbonyl (C=O) groups excluding carboxylic acids is 2. The van der Waals surface area contributed by atoms with E-state index in [0.29, 0.717) is 18.6 Å². The molecule has 0 N–H and O–H groups in total. The van der Waals surface area contributed by atoms with Crippen LogP contribution in [0.1, 0.15) is 19.3 Å². The van der Waals surface area contributed by atoms with Crippen molar-refractivity contribution in [1.29, 1.82) is 0 Å². The van der Waals surface area contributed by atoms with Crippen LogP contribution in [-0.4, -0.2) is 26.2 Å². The monoisotopic (exact) mass is 274 g/mol. The van der Waals surface area contributed by atoms with Crippen molar-refractivity contribution >= 4 is 31.9 Å². The van der Waals surface area contributed by atoms with Gasteiger partial charge in [0.2, 0.25) is 0 Å². The number of nitrogens with zero attached hydrogens (tertiary/aromatic N) is 2. The van der Waals surface area contributed by atoms with E-state index >= 15 is 0 Å². The van der Waals surface area contributed by atoms with E-state index in [0.717, 1.165) is 5.69 Å². The van der Waals surface area contributed by atoms with E-state index in [-0.39, 0.29) is 18.0 Å². The molecule has 1 saturated carbocycles. The average Bonchev–Trinajstić information content (AvgIpc) is 2.35. The molecule has 100 valence electrons. The molecule has 0 spiro atoms. The standard InChI is InChI=1S/C14H18N2O2Si/c1-19(2)16(12-6-4-3-5-7-12)15-11-8-13(17)10-14(18)9-11/h3-7,19H,8-10H2,1-2H3. The molecule has 0 radical (unpaired) electrons. The van der Waals surface area contributed by atoms with Gasteiger partial charge in [-0.25, -0.2) is 0 Å². The van der Waals surface area contributed by atoms with E-state index in [4.69, 9.17) is 0 Å². The molecule has 0 heterocycles. The highest BCUT2D eigenvalue weighted by molar-refractivity contribution is 6.60. The number of Topliss-reactive ketones (excluding diaryl/α,β-unsaturated/α-hetero) is 2. The van der Waals surface area contributed by atoms with Gasteiger partial charge < -0.3 is 0 Å². The summed E-state index contributed by atoms with van der Waals surface area (Å²) in [6.07, 6.45) is 0.704. The predicted molar refractivity (Wildman–Crippen MR) is 79.1 cm³/mol. The van der Waals surface area contributed by atoms with Gasteiger partial charge in [-0.05, 0) is 12.1 Å². The van der Waals surface area contributed by atoms with Crippen molar-refractivity contribution in [2.24, 2.45) is 5.10 Å². The van der Waals surface area contributed by atoms with Gasteiger partial charge in [0.25, 0.3) is 0 Å². The van der Waals surface area contributed by atoms with Gasteiger partial charge in [-0.3, -0.25) is 14.3 Å². The smallest absolute Gasteiger partial charge is 0.164 e. The maximum absolute atomic E-state index is 11.5. The summed E-state index contributed by atoms with van der Waals surface area (Å²) in [4.78, 5) is 22.9. The number of carbonyl (C=O) groups is 2. The van der Waals surface area contributed by atoms with Gasteiger partial charge in [0.15, 0.2) is 8.96 Å². The molecule has 5 heteroatoms. The first-order chi connectivity index (χ1) is 9.06. The van der Waals surface area contributed by atoms with E-state index in [2.05, 4.69) is 18.2 Å². The third-order valence-corrected chi connectivity index (χ3v) is 4.35. The Kier molecular flexibility index (Phi) is 4.26. The first-order valence-corrected chi connectivity index (χ1v) is 9.33. The van der Waals surface area contributed by atoms with Gasteiger partial charge in [0.05, 0.1) is 12.1 Å². The molecule has 1 aromatic carbocycles. The molecule has 1 aliphatic carbocycles. The Hall–Kier alpha value is -1.75. The zero-order valence-corrected chi connectivity index (χ0v) is 12.5. The van der Waals surface area contributed by atoms with E-state index < -0.39 is 8.96 Å². The fraction of sp³-hybridized carbons (Fsp3) is 0.357. The highest BCUT2D eigenvalue weighted by Gasteiger charge is 2.23. The van der Waals surface area contributed by atoms with Gasteiger partial charge in [-0.1, -0.05) is 31.3 Å². The van der Waals surface area contributed by atoms with Gasteiger partial charge in [0, 0.05) is 18.5 Å². The Morgan fingerprint density at radius 3 is 2.11 bits per heavy atom. The molecule has 0 aliphatic heterocycles. The molecule has 0 bridgehead atoms. The number of rotatable bonds is 3. The van der Waals surface area contributed by atoms with Gasteiger partial charge in [0.1, 0.15) is 11.6 Å². The second-order valence-electron chi connectivity index (χ2n) is 5.05. The highest BCUT2D eigenvalue weighted by Crippen LogP contribution is 2.18. The first kappa shape index (κ1) is 13.7. The summed E-state index contributed by atoms with van der Waals surface area (Å²) in [5, 5.41) is 4.58. The number of para-hydroxylation sites is 1. The Morgan fingerprint density at radius 2 is 1.58 bits per heavy atom. The Bertz CT molecular complexity index is 493. The van der Waals surface area contributed by atoms with Crippen LogP contribution in [0, 0.1) is 0 Å². The van der Waals surface area contributed by atoms with Crippen molar-refractivity contribution in [3.63, 3.8) is 0 Å². The summed E-state index contributed by atoms with van der Waals surface area (Å²) < 4.78 is 2.00. The third kappa shape index (κ3) is 3.60. The molecular formula is C14H18N2O2Si. The van der Waals surface area contributed by atoms with Crippen LogP contribution < -0.4 is 4.67 Å². The summed E-state index contributed by atoms with van der Waals surface area (Å²) in [6.45, 7) is 4.34. The summed E-state index contributed by atoms with van der Waals surface area (Å²) in [5.74, 6) is -0.0399. The fourth-order valence-corrected chi connectivity index (χ4v) is 3.30. The Morgan fingerprint density at radius 1 is 1.00 bits per heavy atom. The average molecular weight is 274 g/mol. The van der Waals surface area contributed by atoms with Crippen LogP contribution in [0.3, 0.4) is 0 Å². The van der Waals surface area contributed by atoms with Gasteiger partial charge in [-0.2, -0.15) is 5.10 Å². The number of benzene rings is 1. The zero-order valence-electron chi connectivity index (χ0n) is 11.3. The molecular weight excluding hydrogens is 256 g/mol. The van der Waals surface area contributed by atoms with E-state index in [1.807, 2.05) is 35.0 Å². The zero-order chi connectivity index (χ0) is 13.8. The molecule has 2 rings (SSSR count). The maximum atomic E-state index is 11.5. The predicted octanol–water partition coefficient (Wildman–Crippen LogP) is 2.15. The Balaban J connectivity index is 2.26. The molecule has 0 aromatic heterocycles. The summed E-state index contributed by atoms with van der Waals surface area (Å²) in [7, 11) is -1.20. The number of hydrazone groups is 1. The highest BCUT2D eigenvalue weighted by atomic mass is 28.3. The van der Waals surface area contributed by atoms with Crippen LogP contribution in [-0.2, 0) is 9.59 Å². The third-order valence-electron chi connectivity index (χ3n) is 2.96. The summed E-state index contributed by atoms with van der Waals surface area (Å²) >= 11 is 0. The molecule has 0 atom stereocenters. The molecule has 1 aliphatic rings. The van der Waals surface area contributed by atoms with Crippen LogP contribution in [0.5, 0.6) is 0 Å². The van der Waals surface area contributed by atoms with Crippen LogP contribution in [0.4, 0.5) is 5.69 Å². The SMILES string of the molecule is C[SiH](C)N(N=C1CC(=O)CC(=O)C1)c1ccccc1. The van der Waals surface area contributed by atoms with Crippen LogP contribution in [0.15, 0.2) is 35.4 Å². The number of ketones is 2. The van der Waals surface area contributed by atoms with Crippen molar-refractivity contribution < 1.29 is 9.59 Å². The largest absolute Gasteiger partial charge is 0.299 e. The number of hydrogen-bond acceptors (Lipinski definition) is 4. The van der Waals surface area contributed by atoms with Gasteiger partial charge in [-0.15, -0.1) is 0 Å². The molecule has 0 amide bonds. The molecule has 4 nitrogen and oxygen atoms in total. The lowest BCUT2D eigenvalue weighted by Gasteiger charge is -2.25. The number of anilines is 1. The van der Waals surface area contributed by atoms with Crippen molar-refractivity contribution in [3.8, 4) is 0 Å². The van der Waals surface area contributed by atoms with Crippen molar-refractivity contribution in [3.05, 3.63) is 30.3 Å². The normalized spacial score (nSPS) is 15.8. The van der Waals surface area contributed by atoms with Gasteiger partial charge >= 0.3 is 0 Å². The molecule has 0 unspecified atom stereocenters. The van der Waals surface area contributed by atoms with E-state index in [9.17, 15) is 9.59 Å².